The van der Waals surface area contributed by atoms with E-state index in [0.717, 1.165) is 57.7 Å². The molecule has 1 unspecified atom stereocenters. The Hall–Kier alpha value is -1.47. The second-order valence-corrected chi connectivity index (χ2v) is 5.88. The number of amides is 1. The number of primary amides is 1. The summed E-state index contributed by atoms with van der Waals surface area (Å²) in [5.74, 6) is 1.62. The molecule has 2 fully saturated rings. The summed E-state index contributed by atoms with van der Waals surface area (Å²) >= 11 is 0. The lowest BCUT2D eigenvalue weighted by Crippen LogP contribution is -2.39. The third kappa shape index (κ3) is 3.59. The third-order valence-corrected chi connectivity index (χ3v) is 4.41. The van der Waals surface area contributed by atoms with E-state index in [0.29, 0.717) is 12.5 Å². The van der Waals surface area contributed by atoms with Crippen molar-refractivity contribution < 1.29 is 14.1 Å². The zero-order valence-corrected chi connectivity index (χ0v) is 12.2. The molecule has 0 saturated carbocycles. The van der Waals surface area contributed by atoms with Gasteiger partial charge in [-0.05, 0) is 32.4 Å². The van der Waals surface area contributed by atoms with Crippen LogP contribution in [0, 0.1) is 5.92 Å². The van der Waals surface area contributed by atoms with Crippen LogP contribution < -0.4 is 5.73 Å². The number of nitrogens with two attached hydrogens (primary N) is 1. The summed E-state index contributed by atoms with van der Waals surface area (Å²) in [5, 5.41) is 4.05. The molecule has 1 aromatic rings. The fourth-order valence-electron chi connectivity index (χ4n) is 2.97. The lowest BCUT2D eigenvalue weighted by atomic mass is 9.96. The molecular formula is C14H22N4O3. The molecule has 1 amide bonds. The summed E-state index contributed by atoms with van der Waals surface area (Å²) in [7, 11) is 0. The standard InChI is InChI=1S/C14H22N4O3/c15-13(19)10-1-5-18(6-2-10)7-3-12-16-14(17-21-12)11-4-8-20-9-11/h10-11H,1-9H2,(H2,15,19). The van der Waals surface area contributed by atoms with E-state index in [2.05, 4.69) is 15.0 Å². The van der Waals surface area contributed by atoms with Crippen LogP contribution in [-0.2, 0) is 16.0 Å². The van der Waals surface area contributed by atoms with E-state index in [9.17, 15) is 4.79 Å². The summed E-state index contributed by atoms with van der Waals surface area (Å²) in [4.78, 5) is 17.9. The van der Waals surface area contributed by atoms with Crippen molar-refractivity contribution in [2.24, 2.45) is 11.7 Å². The first kappa shape index (κ1) is 14.5. The van der Waals surface area contributed by atoms with E-state index in [4.69, 9.17) is 15.0 Å². The Morgan fingerprint density at radius 3 is 2.81 bits per heavy atom. The largest absolute Gasteiger partial charge is 0.381 e. The second-order valence-electron chi connectivity index (χ2n) is 5.88. The molecule has 0 spiro atoms. The fraction of sp³-hybridized carbons (Fsp3) is 0.786. The first-order valence-corrected chi connectivity index (χ1v) is 7.64. The van der Waals surface area contributed by atoms with Gasteiger partial charge in [0.15, 0.2) is 5.82 Å². The molecule has 0 bridgehead atoms. The molecule has 3 rings (SSSR count). The maximum atomic E-state index is 11.1. The quantitative estimate of drug-likeness (QED) is 0.840. The lowest BCUT2D eigenvalue weighted by Gasteiger charge is -2.29. The number of aromatic nitrogens is 2. The molecule has 1 atom stereocenters. The smallest absolute Gasteiger partial charge is 0.227 e. The molecule has 3 heterocycles. The van der Waals surface area contributed by atoms with Gasteiger partial charge in [0.2, 0.25) is 11.8 Å². The van der Waals surface area contributed by atoms with E-state index in [1.165, 1.54) is 0 Å². The number of hydrogen-bond donors (Lipinski definition) is 1. The van der Waals surface area contributed by atoms with Crippen molar-refractivity contribution in [2.45, 2.75) is 31.6 Å². The molecule has 0 radical (unpaired) electrons. The van der Waals surface area contributed by atoms with Crippen molar-refractivity contribution in [2.75, 3.05) is 32.8 Å². The van der Waals surface area contributed by atoms with Crippen LogP contribution in [0.1, 0.15) is 36.9 Å². The Morgan fingerprint density at radius 1 is 1.33 bits per heavy atom. The van der Waals surface area contributed by atoms with E-state index < -0.39 is 0 Å². The molecule has 2 saturated heterocycles. The number of rotatable bonds is 5. The minimum absolute atomic E-state index is 0.0404. The number of hydrogen-bond acceptors (Lipinski definition) is 6. The van der Waals surface area contributed by atoms with Gasteiger partial charge in [-0.3, -0.25) is 4.79 Å². The minimum atomic E-state index is -0.171. The first-order valence-electron chi connectivity index (χ1n) is 7.64. The van der Waals surface area contributed by atoms with Crippen LogP contribution in [0.2, 0.25) is 0 Å². The highest BCUT2D eigenvalue weighted by Crippen LogP contribution is 2.22. The van der Waals surface area contributed by atoms with Crippen LogP contribution in [-0.4, -0.2) is 53.8 Å². The Morgan fingerprint density at radius 2 is 2.14 bits per heavy atom. The Kier molecular flexibility index (Phi) is 4.50. The number of nitrogens with zero attached hydrogens (tertiary/aromatic N) is 3. The molecule has 0 aliphatic carbocycles. The van der Waals surface area contributed by atoms with Gasteiger partial charge in [-0.25, -0.2) is 0 Å². The van der Waals surface area contributed by atoms with Crippen molar-refractivity contribution in [3.8, 4) is 0 Å². The van der Waals surface area contributed by atoms with E-state index in [-0.39, 0.29) is 17.7 Å². The second kappa shape index (κ2) is 6.53. The SMILES string of the molecule is NC(=O)C1CCN(CCc2nc(C3CCOC3)no2)CC1. The topological polar surface area (TPSA) is 94.5 Å². The molecule has 7 nitrogen and oxygen atoms in total. The Balaban J connectivity index is 1.44. The van der Waals surface area contributed by atoms with Crippen molar-refractivity contribution >= 4 is 5.91 Å². The summed E-state index contributed by atoms with van der Waals surface area (Å²) in [6, 6.07) is 0. The molecular weight excluding hydrogens is 272 g/mol. The predicted molar refractivity (Wildman–Crippen MR) is 74.5 cm³/mol. The van der Waals surface area contributed by atoms with Crippen molar-refractivity contribution in [1.29, 1.82) is 0 Å². The van der Waals surface area contributed by atoms with Gasteiger partial charge in [0, 0.05) is 31.4 Å². The van der Waals surface area contributed by atoms with E-state index >= 15 is 0 Å². The zero-order chi connectivity index (χ0) is 14.7. The van der Waals surface area contributed by atoms with Crippen LogP contribution >= 0.6 is 0 Å². The number of carbonyl (C=O) groups excluding carboxylic acids is 1. The van der Waals surface area contributed by atoms with Crippen LogP contribution in [0.3, 0.4) is 0 Å². The number of ether oxygens (including phenoxy) is 1. The molecule has 2 N–H and O–H groups in total. The Bertz CT molecular complexity index is 476. The molecule has 1 aromatic heterocycles. The van der Waals surface area contributed by atoms with Crippen LogP contribution in [0.25, 0.3) is 0 Å². The molecule has 7 heteroatoms. The summed E-state index contributed by atoms with van der Waals surface area (Å²) < 4.78 is 10.6. The molecule has 2 aliphatic heterocycles. The zero-order valence-electron chi connectivity index (χ0n) is 12.2. The summed E-state index contributed by atoms with van der Waals surface area (Å²) in [5.41, 5.74) is 5.34. The van der Waals surface area contributed by atoms with Crippen LogP contribution in [0.5, 0.6) is 0 Å². The van der Waals surface area contributed by atoms with Gasteiger partial charge in [0.25, 0.3) is 0 Å². The molecule has 21 heavy (non-hydrogen) atoms. The normalized spacial score (nSPS) is 24.5. The number of likely N-dealkylation sites (tertiary alicyclic amines) is 1. The highest BCUT2D eigenvalue weighted by molar-refractivity contribution is 5.76. The van der Waals surface area contributed by atoms with Crippen molar-refractivity contribution in [3.63, 3.8) is 0 Å². The van der Waals surface area contributed by atoms with Crippen LogP contribution in [0.4, 0.5) is 0 Å². The first-order chi connectivity index (χ1) is 10.2. The third-order valence-electron chi connectivity index (χ3n) is 4.41. The van der Waals surface area contributed by atoms with Gasteiger partial charge in [-0.2, -0.15) is 4.98 Å². The molecule has 116 valence electrons. The molecule has 2 aliphatic rings. The van der Waals surface area contributed by atoms with Crippen LogP contribution in [0.15, 0.2) is 4.52 Å². The minimum Gasteiger partial charge on any atom is -0.381 e. The van der Waals surface area contributed by atoms with Gasteiger partial charge in [-0.1, -0.05) is 5.16 Å². The lowest BCUT2D eigenvalue weighted by molar-refractivity contribution is -0.123. The predicted octanol–water partition coefficient (Wildman–Crippen LogP) is 0.313. The maximum absolute atomic E-state index is 11.1. The van der Waals surface area contributed by atoms with Crippen molar-refractivity contribution in [1.82, 2.24) is 15.0 Å². The maximum Gasteiger partial charge on any atom is 0.227 e. The van der Waals surface area contributed by atoms with Gasteiger partial charge in [0.05, 0.1) is 6.61 Å². The van der Waals surface area contributed by atoms with Gasteiger partial charge >= 0.3 is 0 Å². The van der Waals surface area contributed by atoms with Gasteiger partial charge in [-0.15, -0.1) is 0 Å². The van der Waals surface area contributed by atoms with Crippen molar-refractivity contribution in [3.05, 3.63) is 11.7 Å². The number of carbonyl (C=O) groups is 1. The summed E-state index contributed by atoms with van der Waals surface area (Å²) in [6.45, 7) is 4.17. The van der Waals surface area contributed by atoms with E-state index in [1.54, 1.807) is 0 Å². The Labute approximate surface area is 123 Å². The van der Waals surface area contributed by atoms with Gasteiger partial charge < -0.3 is 19.9 Å². The highest BCUT2D eigenvalue weighted by atomic mass is 16.5. The fourth-order valence-corrected chi connectivity index (χ4v) is 2.97. The summed E-state index contributed by atoms with van der Waals surface area (Å²) in [6.07, 6.45) is 3.43. The number of piperidine rings is 1. The monoisotopic (exact) mass is 294 g/mol. The average Bonchev–Trinajstić information content (AvgIpc) is 3.16. The van der Waals surface area contributed by atoms with Gasteiger partial charge in [0.1, 0.15) is 0 Å². The van der Waals surface area contributed by atoms with E-state index in [1.807, 2.05) is 0 Å². The molecule has 0 aromatic carbocycles. The average molecular weight is 294 g/mol. The highest BCUT2D eigenvalue weighted by Gasteiger charge is 2.25.